The Kier molecular flexibility index (Phi) is 7.07. The molecular formula is C20H24BrN3O4S. The molecule has 2 aromatic rings. The summed E-state index contributed by atoms with van der Waals surface area (Å²) in [6, 6.07) is 13.2. The van der Waals surface area contributed by atoms with E-state index in [2.05, 4.69) is 26.6 Å². The van der Waals surface area contributed by atoms with Crippen LogP contribution in [0, 0.1) is 0 Å². The van der Waals surface area contributed by atoms with Crippen LogP contribution in [0.2, 0.25) is 0 Å². The molecule has 0 atom stereocenters. The van der Waals surface area contributed by atoms with E-state index >= 15 is 0 Å². The second kappa shape index (κ2) is 8.96. The Balaban J connectivity index is 2.23. The van der Waals surface area contributed by atoms with Crippen molar-refractivity contribution in [3.8, 4) is 0 Å². The van der Waals surface area contributed by atoms with Crippen LogP contribution in [0.5, 0.6) is 0 Å². The molecular weight excluding hydrogens is 458 g/mol. The third-order valence-electron chi connectivity index (χ3n) is 3.74. The second-order valence-electron chi connectivity index (χ2n) is 7.54. The summed E-state index contributed by atoms with van der Waals surface area (Å²) in [6.07, 6.45) is 1.03. The van der Waals surface area contributed by atoms with E-state index < -0.39 is 28.0 Å². The predicted octanol–water partition coefficient (Wildman–Crippen LogP) is 3.38. The predicted molar refractivity (Wildman–Crippen MR) is 119 cm³/mol. The summed E-state index contributed by atoms with van der Waals surface area (Å²) in [6.45, 7) is 5.15. The smallest absolute Gasteiger partial charge is 0.253 e. The van der Waals surface area contributed by atoms with Gasteiger partial charge in [0.25, 0.3) is 5.91 Å². The number of nitrogens with one attached hydrogen (secondary N) is 2. The number of amides is 2. The second-order valence-corrected chi connectivity index (χ2v) is 10.4. The lowest BCUT2D eigenvalue weighted by atomic mass is 10.1. The Bertz CT molecular complexity index is 999. The van der Waals surface area contributed by atoms with Crippen molar-refractivity contribution in [2.45, 2.75) is 26.3 Å². The van der Waals surface area contributed by atoms with Gasteiger partial charge in [0.15, 0.2) is 0 Å². The van der Waals surface area contributed by atoms with Gasteiger partial charge in [-0.15, -0.1) is 0 Å². The first-order valence-electron chi connectivity index (χ1n) is 8.81. The Morgan fingerprint density at radius 1 is 1.03 bits per heavy atom. The van der Waals surface area contributed by atoms with Crippen LogP contribution in [0.25, 0.3) is 0 Å². The van der Waals surface area contributed by atoms with Crippen molar-refractivity contribution in [2.24, 2.45) is 0 Å². The summed E-state index contributed by atoms with van der Waals surface area (Å²) in [5.74, 6) is -0.893. The number of hydrogen-bond acceptors (Lipinski definition) is 4. The zero-order valence-corrected chi connectivity index (χ0v) is 19.1. The van der Waals surface area contributed by atoms with E-state index in [-0.39, 0.29) is 5.91 Å². The van der Waals surface area contributed by atoms with Gasteiger partial charge in [-0.1, -0.05) is 28.1 Å². The van der Waals surface area contributed by atoms with Gasteiger partial charge in [0.2, 0.25) is 15.9 Å². The molecule has 0 bridgehead atoms. The largest absolute Gasteiger partial charge is 0.347 e. The third kappa shape index (κ3) is 6.86. The average Bonchev–Trinajstić information content (AvgIpc) is 2.58. The number of hydrogen-bond donors (Lipinski definition) is 2. The van der Waals surface area contributed by atoms with E-state index in [1.54, 1.807) is 48.5 Å². The molecule has 0 spiro atoms. The number of halogens is 1. The average molecular weight is 482 g/mol. The minimum atomic E-state index is -3.69. The van der Waals surface area contributed by atoms with Crippen LogP contribution in [0.1, 0.15) is 31.1 Å². The van der Waals surface area contributed by atoms with Crippen molar-refractivity contribution in [3.05, 3.63) is 58.6 Å². The van der Waals surface area contributed by atoms with Gasteiger partial charge in [-0.05, 0) is 57.2 Å². The van der Waals surface area contributed by atoms with Gasteiger partial charge < -0.3 is 10.6 Å². The lowest BCUT2D eigenvalue weighted by molar-refractivity contribution is -0.114. The summed E-state index contributed by atoms with van der Waals surface area (Å²) in [7, 11) is -3.69. The number of carbonyl (C=O) groups excluding carboxylic acids is 2. The zero-order valence-electron chi connectivity index (χ0n) is 16.7. The number of carbonyl (C=O) groups is 2. The molecule has 0 aromatic heterocycles. The van der Waals surface area contributed by atoms with Crippen molar-refractivity contribution >= 4 is 49.1 Å². The molecule has 0 aliphatic heterocycles. The fraction of sp³-hybridized carbons (Fsp3) is 0.300. The summed E-state index contributed by atoms with van der Waals surface area (Å²) in [4.78, 5) is 25.1. The molecule has 0 aliphatic rings. The first-order valence-corrected chi connectivity index (χ1v) is 11.5. The minimum absolute atomic E-state index is 0.297. The number of nitrogens with zero attached hydrogens (tertiary/aromatic N) is 1. The molecule has 0 saturated carbocycles. The molecule has 2 amide bonds. The highest BCUT2D eigenvalue weighted by molar-refractivity contribution is 9.10. The van der Waals surface area contributed by atoms with Crippen molar-refractivity contribution in [1.29, 1.82) is 0 Å². The number of sulfonamides is 1. The third-order valence-corrected chi connectivity index (χ3v) is 5.41. The van der Waals surface area contributed by atoms with Crippen LogP contribution in [-0.4, -0.2) is 38.6 Å². The first kappa shape index (κ1) is 22.9. The standard InChI is InChI=1S/C20H24BrN3O4S/c1-20(2,3)23-19(26)16-7-5-6-8-17(16)22-18(25)13-24(29(4,27)28)15-11-9-14(21)10-12-15/h5-12H,13H2,1-4H3,(H,22,25)(H,23,26). The Morgan fingerprint density at radius 2 is 1.62 bits per heavy atom. The molecule has 0 aliphatic carbocycles. The van der Waals surface area contributed by atoms with Crippen LogP contribution in [0.15, 0.2) is 53.0 Å². The normalized spacial score (nSPS) is 11.6. The zero-order chi connectivity index (χ0) is 21.8. The molecule has 9 heteroatoms. The van der Waals surface area contributed by atoms with Crippen LogP contribution in [-0.2, 0) is 14.8 Å². The summed E-state index contributed by atoms with van der Waals surface area (Å²) >= 11 is 3.30. The topological polar surface area (TPSA) is 95.6 Å². The highest BCUT2D eigenvalue weighted by atomic mass is 79.9. The summed E-state index contributed by atoms with van der Waals surface area (Å²) < 4.78 is 26.2. The SMILES string of the molecule is CC(C)(C)NC(=O)c1ccccc1NC(=O)CN(c1ccc(Br)cc1)S(C)(=O)=O. The van der Waals surface area contributed by atoms with E-state index in [9.17, 15) is 18.0 Å². The molecule has 0 fully saturated rings. The molecule has 2 aromatic carbocycles. The maximum absolute atomic E-state index is 12.6. The van der Waals surface area contributed by atoms with Crippen LogP contribution in [0.3, 0.4) is 0 Å². The van der Waals surface area contributed by atoms with Crippen molar-refractivity contribution in [3.63, 3.8) is 0 Å². The van der Waals surface area contributed by atoms with E-state index in [0.717, 1.165) is 15.0 Å². The Morgan fingerprint density at radius 3 is 2.17 bits per heavy atom. The number of anilines is 2. The van der Waals surface area contributed by atoms with Crippen molar-refractivity contribution < 1.29 is 18.0 Å². The minimum Gasteiger partial charge on any atom is -0.347 e. The van der Waals surface area contributed by atoms with Gasteiger partial charge in [0.05, 0.1) is 23.2 Å². The van der Waals surface area contributed by atoms with Crippen molar-refractivity contribution in [1.82, 2.24) is 5.32 Å². The summed E-state index contributed by atoms with van der Waals surface area (Å²) in [5.41, 5.74) is 0.529. The first-order chi connectivity index (χ1) is 13.4. The van der Waals surface area contributed by atoms with Gasteiger partial charge in [0.1, 0.15) is 6.54 Å². The monoisotopic (exact) mass is 481 g/mol. The Labute approximate surface area is 179 Å². The molecule has 0 radical (unpaired) electrons. The molecule has 29 heavy (non-hydrogen) atoms. The van der Waals surface area contributed by atoms with E-state index in [1.165, 1.54) is 0 Å². The fourth-order valence-corrected chi connectivity index (χ4v) is 3.65. The van der Waals surface area contributed by atoms with E-state index in [1.807, 2.05) is 20.8 Å². The molecule has 0 unspecified atom stereocenters. The molecule has 2 N–H and O–H groups in total. The van der Waals surface area contributed by atoms with Crippen LogP contribution < -0.4 is 14.9 Å². The number of benzene rings is 2. The van der Waals surface area contributed by atoms with Crippen LogP contribution in [0.4, 0.5) is 11.4 Å². The highest BCUT2D eigenvalue weighted by Gasteiger charge is 2.23. The van der Waals surface area contributed by atoms with Crippen molar-refractivity contribution in [2.75, 3.05) is 22.4 Å². The molecule has 2 rings (SSSR count). The lowest BCUT2D eigenvalue weighted by Gasteiger charge is -2.23. The van der Waals surface area contributed by atoms with Gasteiger partial charge in [-0.3, -0.25) is 13.9 Å². The maximum Gasteiger partial charge on any atom is 0.253 e. The van der Waals surface area contributed by atoms with Gasteiger partial charge in [0, 0.05) is 10.0 Å². The van der Waals surface area contributed by atoms with E-state index in [4.69, 9.17) is 0 Å². The highest BCUT2D eigenvalue weighted by Crippen LogP contribution is 2.21. The lowest BCUT2D eigenvalue weighted by Crippen LogP contribution is -2.41. The van der Waals surface area contributed by atoms with Gasteiger partial charge >= 0.3 is 0 Å². The fourth-order valence-electron chi connectivity index (χ4n) is 2.53. The number of para-hydroxylation sites is 1. The molecule has 156 valence electrons. The molecule has 0 saturated heterocycles. The van der Waals surface area contributed by atoms with Gasteiger partial charge in [-0.2, -0.15) is 0 Å². The Hall–Kier alpha value is -2.39. The number of rotatable bonds is 6. The van der Waals surface area contributed by atoms with E-state index in [0.29, 0.717) is 16.9 Å². The quantitative estimate of drug-likeness (QED) is 0.660. The molecule has 7 nitrogen and oxygen atoms in total. The van der Waals surface area contributed by atoms with Crippen LogP contribution >= 0.6 is 15.9 Å². The maximum atomic E-state index is 12.6. The molecule has 0 heterocycles. The summed E-state index contributed by atoms with van der Waals surface area (Å²) in [5, 5.41) is 5.49. The van der Waals surface area contributed by atoms with Gasteiger partial charge in [-0.25, -0.2) is 8.42 Å².